The second kappa shape index (κ2) is 9.57. The van der Waals surface area contributed by atoms with Gasteiger partial charge in [-0.3, -0.25) is 9.78 Å². The standard InChI is InChI=1S/C24H25N5O/c1-4-29(5-2)21-10-11-22(17(3)12-21)28-24(30)19-13-20(16-26-15-19)27-23-9-7-6-8-18(23)14-25/h6-13,15-16,27H,4-5H2,1-3H3,(H,28,30). The summed E-state index contributed by atoms with van der Waals surface area (Å²) < 4.78 is 0. The largest absolute Gasteiger partial charge is 0.372 e. The first kappa shape index (κ1) is 20.9. The Labute approximate surface area is 177 Å². The van der Waals surface area contributed by atoms with Crippen molar-refractivity contribution in [3.63, 3.8) is 0 Å². The van der Waals surface area contributed by atoms with Crippen LogP contribution in [-0.2, 0) is 0 Å². The van der Waals surface area contributed by atoms with Crippen LogP contribution >= 0.6 is 0 Å². The van der Waals surface area contributed by atoms with Crippen LogP contribution in [0.2, 0.25) is 0 Å². The molecule has 6 nitrogen and oxygen atoms in total. The Balaban J connectivity index is 1.77. The summed E-state index contributed by atoms with van der Waals surface area (Å²) in [6, 6.07) is 17.1. The average molecular weight is 399 g/mol. The normalized spacial score (nSPS) is 10.2. The summed E-state index contributed by atoms with van der Waals surface area (Å²) >= 11 is 0. The fourth-order valence-electron chi connectivity index (χ4n) is 3.25. The molecule has 30 heavy (non-hydrogen) atoms. The minimum Gasteiger partial charge on any atom is -0.372 e. The summed E-state index contributed by atoms with van der Waals surface area (Å²) in [5.74, 6) is -0.238. The van der Waals surface area contributed by atoms with E-state index in [-0.39, 0.29) is 5.91 Å². The molecule has 0 radical (unpaired) electrons. The van der Waals surface area contributed by atoms with E-state index < -0.39 is 0 Å². The predicted molar refractivity (Wildman–Crippen MR) is 121 cm³/mol. The van der Waals surface area contributed by atoms with E-state index in [0.717, 1.165) is 30.0 Å². The fourth-order valence-corrected chi connectivity index (χ4v) is 3.25. The van der Waals surface area contributed by atoms with Crippen LogP contribution in [0.3, 0.4) is 0 Å². The highest BCUT2D eigenvalue weighted by Crippen LogP contribution is 2.24. The maximum absolute atomic E-state index is 12.8. The Morgan fingerprint density at radius 2 is 1.83 bits per heavy atom. The van der Waals surface area contributed by atoms with E-state index in [1.54, 1.807) is 24.4 Å². The van der Waals surface area contributed by atoms with E-state index in [9.17, 15) is 10.1 Å². The topological polar surface area (TPSA) is 81.1 Å². The van der Waals surface area contributed by atoms with Crippen molar-refractivity contribution >= 4 is 28.7 Å². The first-order valence-corrected chi connectivity index (χ1v) is 9.93. The van der Waals surface area contributed by atoms with Gasteiger partial charge < -0.3 is 15.5 Å². The molecule has 1 aromatic heterocycles. The molecule has 0 spiro atoms. The number of anilines is 4. The Morgan fingerprint density at radius 1 is 1.07 bits per heavy atom. The van der Waals surface area contributed by atoms with Gasteiger partial charge in [0, 0.05) is 30.7 Å². The van der Waals surface area contributed by atoms with Gasteiger partial charge >= 0.3 is 0 Å². The van der Waals surface area contributed by atoms with Crippen LogP contribution < -0.4 is 15.5 Å². The predicted octanol–water partition coefficient (Wildman–Crippen LogP) is 5.10. The van der Waals surface area contributed by atoms with Crippen molar-refractivity contribution in [2.45, 2.75) is 20.8 Å². The zero-order chi connectivity index (χ0) is 21.5. The lowest BCUT2D eigenvalue weighted by Gasteiger charge is -2.22. The SMILES string of the molecule is CCN(CC)c1ccc(NC(=O)c2cncc(Nc3ccccc3C#N)c2)c(C)c1. The molecule has 0 aliphatic heterocycles. The smallest absolute Gasteiger partial charge is 0.257 e. The summed E-state index contributed by atoms with van der Waals surface area (Å²) in [6.45, 7) is 8.09. The number of aryl methyl sites for hydroxylation is 1. The summed E-state index contributed by atoms with van der Waals surface area (Å²) in [5, 5.41) is 15.4. The number of amides is 1. The fraction of sp³-hybridized carbons (Fsp3) is 0.208. The molecule has 0 saturated carbocycles. The van der Waals surface area contributed by atoms with Gasteiger partial charge in [0.1, 0.15) is 6.07 Å². The first-order valence-electron chi connectivity index (χ1n) is 9.93. The molecular weight excluding hydrogens is 374 g/mol. The number of carbonyl (C=O) groups is 1. The van der Waals surface area contributed by atoms with Crippen molar-refractivity contribution in [1.29, 1.82) is 5.26 Å². The van der Waals surface area contributed by atoms with Gasteiger partial charge in [0.15, 0.2) is 0 Å². The number of carbonyl (C=O) groups excluding carboxylic acids is 1. The molecule has 0 aliphatic rings. The lowest BCUT2D eigenvalue weighted by atomic mass is 10.1. The summed E-state index contributed by atoms with van der Waals surface area (Å²) in [6.07, 6.45) is 3.14. The van der Waals surface area contributed by atoms with Crippen LogP contribution in [0.25, 0.3) is 0 Å². The second-order valence-electron chi connectivity index (χ2n) is 6.87. The molecule has 2 N–H and O–H groups in total. The zero-order valence-electron chi connectivity index (χ0n) is 17.4. The van der Waals surface area contributed by atoms with Gasteiger partial charge in [-0.05, 0) is 62.7 Å². The number of nitriles is 1. The van der Waals surface area contributed by atoms with Gasteiger partial charge in [-0.1, -0.05) is 12.1 Å². The number of nitrogens with zero attached hydrogens (tertiary/aromatic N) is 3. The summed E-state index contributed by atoms with van der Waals surface area (Å²) in [4.78, 5) is 19.2. The van der Waals surface area contributed by atoms with Crippen LogP contribution in [0.4, 0.5) is 22.7 Å². The molecule has 0 unspecified atom stereocenters. The average Bonchev–Trinajstić information content (AvgIpc) is 2.77. The van der Waals surface area contributed by atoms with Crippen molar-refractivity contribution in [1.82, 2.24) is 4.98 Å². The molecule has 0 bridgehead atoms. The highest BCUT2D eigenvalue weighted by molar-refractivity contribution is 6.05. The van der Waals surface area contributed by atoms with Crippen molar-refractivity contribution < 1.29 is 4.79 Å². The molecule has 0 saturated heterocycles. The summed E-state index contributed by atoms with van der Waals surface area (Å²) in [5.41, 5.74) is 5.17. The second-order valence-corrected chi connectivity index (χ2v) is 6.87. The highest BCUT2D eigenvalue weighted by Gasteiger charge is 2.11. The van der Waals surface area contributed by atoms with Crippen LogP contribution in [0.15, 0.2) is 60.9 Å². The highest BCUT2D eigenvalue weighted by atomic mass is 16.1. The molecule has 2 aromatic carbocycles. The van der Waals surface area contributed by atoms with Gasteiger partial charge in [-0.2, -0.15) is 5.26 Å². The van der Waals surface area contributed by atoms with Crippen LogP contribution in [-0.4, -0.2) is 24.0 Å². The van der Waals surface area contributed by atoms with Gasteiger partial charge in [0.2, 0.25) is 0 Å². The number of pyridine rings is 1. The zero-order valence-corrected chi connectivity index (χ0v) is 17.4. The molecule has 152 valence electrons. The van der Waals surface area contributed by atoms with E-state index in [0.29, 0.717) is 22.5 Å². The number of benzene rings is 2. The lowest BCUT2D eigenvalue weighted by Crippen LogP contribution is -2.22. The van der Waals surface area contributed by atoms with E-state index in [1.807, 2.05) is 31.2 Å². The van der Waals surface area contributed by atoms with E-state index in [2.05, 4.69) is 46.5 Å². The Hall–Kier alpha value is -3.85. The Bertz CT molecular complexity index is 1080. The van der Waals surface area contributed by atoms with E-state index in [1.165, 1.54) is 6.20 Å². The number of hydrogen-bond donors (Lipinski definition) is 2. The molecule has 3 aromatic rings. The maximum Gasteiger partial charge on any atom is 0.257 e. The molecule has 0 atom stereocenters. The number of para-hydroxylation sites is 1. The van der Waals surface area contributed by atoms with Gasteiger partial charge in [0.05, 0.1) is 28.7 Å². The monoisotopic (exact) mass is 399 g/mol. The number of hydrogen-bond acceptors (Lipinski definition) is 5. The van der Waals surface area contributed by atoms with Gasteiger partial charge in [-0.25, -0.2) is 0 Å². The first-order chi connectivity index (χ1) is 14.5. The third-order valence-electron chi connectivity index (χ3n) is 4.91. The maximum atomic E-state index is 12.8. The molecule has 0 fully saturated rings. The molecule has 1 amide bonds. The Kier molecular flexibility index (Phi) is 6.66. The van der Waals surface area contributed by atoms with E-state index in [4.69, 9.17) is 0 Å². The molecule has 3 rings (SSSR count). The van der Waals surface area contributed by atoms with Crippen molar-refractivity contribution in [2.75, 3.05) is 28.6 Å². The van der Waals surface area contributed by atoms with Gasteiger partial charge in [-0.15, -0.1) is 0 Å². The van der Waals surface area contributed by atoms with Crippen molar-refractivity contribution in [3.8, 4) is 6.07 Å². The van der Waals surface area contributed by atoms with Crippen LogP contribution in [0, 0.1) is 18.3 Å². The molecule has 0 aliphatic carbocycles. The minimum absolute atomic E-state index is 0.238. The third kappa shape index (κ3) is 4.76. The van der Waals surface area contributed by atoms with Crippen LogP contribution in [0.5, 0.6) is 0 Å². The lowest BCUT2D eigenvalue weighted by molar-refractivity contribution is 0.102. The third-order valence-corrected chi connectivity index (χ3v) is 4.91. The quantitative estimate of drug-likeness (QED) is 0.577. The molecule has 1 heterocycles. The van der Waals surface area contributed by atoms with Crippen molar-refractivity contribution in [3.05, 3.63) is 77.6 Å². The summed E-state index contributed by atoms with van der Waals surface area (Å²) in [7, 11) is 0. The Morgan fingerprint density at radius 3 is 2.53 bits per heavy atom. The number of nitrogens with one attached hydrogen (secondary N) is 2. The van der Waals surface area contributed by atoms with Crippen LogP contribution in [0.1, 0.15) is 35.3 Å². The number of rotatable bonds is 7. The minimum atomic E-state index is -0.238. The molecular formula is C24H25N5O. The number of aromatic nitrogens is 1. The van der Waals surface area contributed by atoms with Crippen molar-refractivity contribution in [2.24, 2.45) is 0 Å². The molecule has 6 heteroatoms. The van der Waals surface area contributed by atoms with Gasteiger partial charge in [0.25, 0.3) is 5.91 Å². The van der Waals surface area contributed by atoms with E-state index >= 15 is 0 Å².